The number of rotatable bonds is 3. The molecule has 0 aliphatic carbocycles. The highest BCUT2D eigenvalue weighted by molar-refractivity contribution is 5.93. The van der Waals surface area contributed by atoms with Crippen LogP contribution in [0, 0.1) is 0 Å². The zero-order valence-electron chi connectivity index (χ0n) is 16.2. The highest BCUT2D eigenvalue weighted by Crippen LogP contribution is 2.36. The molecule has 0 bridgehead atoms. The van der Waals surface area contributed by atoms with Crippen molar-refractivity contribution < 1.29 is 9.90 Å². The molecule has 0 unspecified atom stereocenters. The first kappa shape index (κ1) is 19.0. The van der Waals surface area contributed by atoms with Gasteiger partial charge in [0, 0.05) is 51.7 Å². The van der Waals surface area contributed by atoms with E-state index in [1.807, 2.05) is 35.2 Å². The summed E-state index contributed by atoms with van der Waals surface area (Å²) in [4.78, 5) is 27.4. The fourth-order valence-electron chi connectivity index (χ4n) is 4.31. The van der Waals surface area contributed by atoms with Crippen molar-refractivity contribution in [1.82, 2.24) is 24.7 Å². The van der Waals surface area contributed by atoms with Crippen molar-refractivity contribution in [3.8, 4) is 0 Å². The van der Waals surface area contributed by atoms with Crippen LogP contribution in [0.1, 0.15) is 22.3 Å². The Bertz CT molecular complexity index is 795. The SMILES string of the molecule is CN1CCN([C@@H]2CN(C(=O)c3cncnc3)CC[C@]2(O)c2ccccc2)CC1. The third-order valence-electron chi connectivity index (χ3n) is 6.05. The second kappa shape index (κ2) is 7.95. The van der Waals surface area contributed by atoms with Crippen molar-refractivity contribution in [2.24, 2.45) is 0 Å². The van der Waals surface area contributed by atoms with Crippen LogP contribution >= 0.6 is 0 Å². The van der Waals surface area contributed by atoms with Gasteiger partial charge in [-0.3, -0.25) is 9.69 Å². The predicted octanol–water partition coefficient (Wildman–Crippen LogP) is 0.826. The Balaban J connectivity index is 1.61. The van der Waals surface area contributed by atoms with Gasteiger partial charge < -0.3 is 14.9 Å². The van der Waals surface area contributed by atoms with Gasteiger partial charge in [-0.25, -0.2) is 9.97 Å². The summed E-state index contributed by atoms with van der Waals surface area (Å²) in [5, 5.41) is 11.8. The van der Waals surface area contributed by atoms with Gasteiger partial charge in [0.2, 0.25) is 0 Å². The lowest BCUT2D eigenvalue weighted by Gasteiger charge is -2.51. The van der Waals surface area contributed by atoms with Gasteiger partial charge in [0.15, 0.2) is 0 Å². The topological polar surface area (TPSA) is 72.8 Å². The Labute approximate surface area is 165 Å². The number of piperidine rings is 1. The average Bonchev–Trinajstić information content (AvgIpc) is 2.75. The van der Waals surface area contributed by atoms with E-state index in [9.17, 15) is 9.90 Å². The highest BCUT2D eigenvalue weighted by atomic mass is 16.3. The third kappa shape index (κ3) is 3.65. The van der Waals surface area contributed by atoms with Crippen molar-refractivity contribution >= 4 is 5.91 Å². The molecule has 28 heavy (non-hydrogen) atoms. The minimum Gasteiger partial charge on any atom is -0.383 e. The van der Waals surface area contributed by atoms with Gasteiger partial charge in [-0.1, -0.05) is 30.3 Å². The molecule has 1 aromatic carbocycles. The molecule has 2 saturated heterocycles. The fourth-order valence-corrected chi connectivity index (χ4v) is 4.31. The van der Waals surface area contributed by atoms with E-state index in [1.165, 1.54) is 6.33 Å². The minimum absolute atomic E-state index is 0.0742. The Morgan fingerprint density at radius 3 is 2.43 bits per heavy atom. The quantitative estimate of drug-likeness (QED) is 0.849. The van der Waals surface area contributed by atoms with E-state index < -0.39 is 5.60 Å². The Morgan fingerprint density at radius 1 is 1.07 bits per heavy atom. The number of carbonyl (C=O) groups excluding carboxylic acids is 1. The third-order valence-corrected chi connectivity index (χ3v) is 6.05. The zero-order chi connectivity index (χ0) is 19.6. The van der Waals surface area contributed by atoms with Crippen LogP contribution in [0.3, 0.4) is 0 Å². The largest absolute Gasteiger partial charge is 0.383 e. The van der Waals surface area contributed by atoms with E-state index >= 15 is 0 Å². The molecular formula is C21H27N5O2. The van der Waals surface area contributed by atoms with Crippen LogP contribution in [0.5, 0.6) is 0 Å². The monoisotopic (exact) mass is 381 g/mol. The molecule has 0 radical (unpaired) electrons. The summed E-state index contributed by atoms with van der Waals surface area (Å²) in [5.74, 6) is -0.0742. The maximum Gasteiger partial charge on any atom is 0.257 e. The molecule has 2 fully saturated rings. The summed E-state index contributed by atoms with van der Waals surface area (Å²) < 4.78 is 0. The van der Waals surface area contributed by atoms with Crippen molar-refractivity contribution in [3.63, 3.8) is 0 Å². The van der Waals surface area contributed by atoms with Crippen LogP contribution in [0.25, 0.3) is 0 Å². The number of amides is 1. The summed E-state index contributed by atoms with van der Waals surface area (Å²) in [6.07, 6.45) is 5.04. The lowest BCUT2D eigenvalue weighted by Crippen LogP contribution is -2.64. The van der Waals surface area contributed by atoms with Crippen molar-refractivity contribution in [2.45, 2.75) is 18.1 Å². The van der Waals surface area contributed by atoms with Crippen LogP contribution in [-0.2, 0) is 5.60 Å². The van der Waals surface area contributed by atoms with Crippen molar-refractivity contribution in [1.29, 1.82) is 0 Å². The maximum atomic E-state index is 13.0. The number of carbonyl (C=O) groups is 1. The number of hydrogen-bond donors (Lipinski definition) is 1. The van der Waals surface area contributed by atoms with E-state index in [2.05, 4.69) is 26.8 Å². The highest BCUT2D eigenvalue weighted by Gasteiger charge is 2.47. The molecular weight excluding hydrogens is 354 g/mol. The molecule has 3 heterocycles. The Morgan fingerprint density at radius 2 is 1.75 bits per heavy atom. The van der Waals surface area contributed by atoms with Crippen LogP contribution in [0.4, 0.5) is 0 Å². The van der Waals surface area contributed by atoms with Crippen molar-refractivity contribution in [3.05, 3.63) is 60.2 Å². The lowest BCUT2D eigenvalue weighted by atomic mass is 9.79. The number of benzene rings is 1. The number of likely N-dealkylation sites (N-methyl/N-ethyl adjacent to an activating group) is 1. The second-order valence-corrected chi connectivity index (χ2v) is 7.77. The molecule has 148 valence electrons. The van der Waals surface area contributed by atoms with Crippen molar-refractivity contribution in [2.75, 3.05) is 46.3 Å². The van der Waals surface area contributed by atoms with E-state index in [4.69, 9.17) is 0 Å². The number of aromatic nitrogens is 2. The molecule has 0 saturated carbocycles. The van der Waals surface area contributed by atoms with Gasteiger partial charge in [0.1, 0.15) is 11.9 Å². The van der Waals surface area contributed by atoms with Gasteiger partial charge in [-0.2, -0.15) is 0 Å². The first-order valence-corrected chi connectivity index (χ1v) is 9.83. The summed E-state index contributed by atoms with van der Waals surface area (Å²) >= 11 is 0. The summed E-state index contributed by atoms with van der Waals surface area (Å²) in [6.45, 7) is 4.68. The fraction of sp³-hybridized carbons (Fsp3) is 0.476. The molecule has 1 amide bonds. The molecule has 2 atom stereocenters. The number of piperazine rings is 1. The Kier molecular flexibility index (Phi) is 5.39. The summed E-state index contributed by atoms with van der Waals surface area (Å²) in [5.41, 5.74) is 0.445. The summed E-state index contributed by atoms with van der Waals surface area (Å²) in [6, 6.07) is 9.73. The predicted molar refractivity (Wildman–Crippen MR) is 106 cm³/mol. The number of hydrogen-bond acceptors (Lipinski definition) is 6. The number of aliphatic hydroxyl groups is 1. The van der Waals surface area contributed by atoms with Gasteiger partial charge in [-0.05, 0) is 19.0 Å². The summed E-state index contributed by atoms with van der Waals surface area (Å²) in [7, 11) is 2.12. The molecule has 1 aromatic heterocycles. The molecule has 2 aromatic rings. The number of likely N-dealkylation sites (tertiary alicyclic amines) is 1. The van der Waals surface area contributed by atoms with Crippen LogP contribution < -0.4 is 0 Å². The first-order valence-electron chi connectivity index (χ1n) is 9.83. The molecule has 1 N–H and O–H groups in total. The molecule has 4 rings (SSSR count). The van der Waals surface area contributed by atoms with E-state index in [0.717, 1.165) is 31.7 Å². The standard InChI is InChI=1S/C21H27N5O2/c1-24-9-11-25(12-10-24)19-15-26(20(27)17-13-22-16-23-14-17)8-7-21(19,28)18-5-3-2-4-6-18/h2-6,13-14,16,19,28H,7-12,15H2,1H3/t19-,21+/m1/s1. The zero-order valence-corrected chi connectivity index (χ0v) is 16.2. The Hall–Kier alpha value is -2.35. The van der Waals surface area contributed by atoms with E-state index in [0.29, 0.717) is 25.1 Å². The van der Waals surface area contributed by atoms with E-state index in [-0.39, 0.29) is 11.9 Å². The average molecular weight is 381 g/mol. The first-order chi connectivity index (χ1) is 13.6. The number of nitrogens with zero attached hydrogens (tertiary/aromatic N) is 5. The van der Waals surface area contributed by atoms with Gasteiger partial charge in [0.25, 0.3) is 5.91 Å². The van der Waals surface area contributed by atoms with Gasteiger partial charge in [-0.15, -0.1) is 0 Å². The molecule has 7 heteroatoms. The van der Waals surface area contributed by atoms with Crippen LogP contribution in [-0.4, -0.2) is 88.0 Å². The van der Waals surface area contributed by atoms with Gasteiger partial charge in [0.05, 0.1) is 11.6 Å². The van der Waals surface area contributed by atoms with Gasteiger partial charge >= 0.3 is 0 Å². The molecule has 7 nitrogen and oxygen atoms in total. The van der Waals surface area contributed by atoms with Crippen LogP contribution in [0.2, 0.25) is 0 Å². The normalized spacial score (nSPS) is 26.9. The van der Waals surface area contributed by atoms with E-state index in [1.54, 1.807) is 12.4 Å². The smallest absolute Gasteiger partial charge is 0.257 e. The molecule has 2 aliphatic heterocycles. The second-order valence-electron chi connectivity index (χ2n) is 7.77. The van der Waals surface area contributed by atoms with Crippen LogP contribution in [0.15, 0.2) is 49.1 Å². The molecule has 0 spiro atoms. The maximum absolute atomic E-state index is 13.0. The molecule has 2 aliphatic rings. The lowest BCUT2D eigenvalue weighted by molar-refractivity contribution is -0.101. The minimum atomic E-state index is -0.971.